The molecule has 1 amide bonds. The van der Waals surface area contributed by atoms with Crippen LogP contribution in [0, 0.1) is 0 Å². The molecule has 24 heavy (non-hydrogen) atoms. The number of rotatable bonds is 6. The fourth-order valence-electron chi connectivity index (χ4n) is 2.51. The first-order valence-electron chi connectivity index (χ1n) is 8.18. The van der Waals surface area contributed by atoms with E-state index >= 15 is 0 Å². The lowest BCUT2D eigenvalue weighted by Gasteiger charge is -2.26. The highest BCUT2D eigenvalue weighted by atomic mass is 16.5. The highest BCUT2D eigenvalue weighted by molar-refractivity contribution is 5.76. The van der Waals surface area contributed by atoms with Gasteiger partial charge >= 0.3 is 5.97 Å². The average molecular weight is 335 g/mol. The van der Waals surface area contributed by atoms with Crippen LogP contribution in [0.5, 0.6) is 0 Å². The van der Waals surface area contributed by atoms with Gasteiger partial charge in [0.25, 0.3) is 0 Å². The predicted octanol–water partition coefficient (Wildman–Crippen LogP) is 0.186. The summed E-state index contributed by atoms with van der Waals surface area (Å²) in [5.41, 5.74) is 0.976. The molecule has 0 saturated carbocycles. The molecule has 1 N–H and O–H groups in total. The predicted molar refractivity (Wildman–Crippen MR) is 89.4 cm³/mol. The van der Waals surface area contributed by atoms with Crippen LogP contribution in [0.15, 0.2) is 12.4 Å². The second-order valence-corrected chi connectivity index (χ2v) is 5.93. The number of carbonyl (C=O) groups excluding carboxylic acids is 2. The number of nitrogens with one attached hydrogen (secondary N) is 1. The van der Waals surface area contributed by atoms with E-state index in [1.807, 2.05) is 0 Å². The van der Waals surface area contributed by atoms with Crippen LogP contribution in [-0.4, -0.2) is 66.1 Å². The number of hydrogen-bond donors (Lipinski definition) is 1. The molecule has 0 spiro atoms. The molecule has 0 aliphatic carbocycles. The second-order valence-electron chi connectivity index (χ2n) is 5.93. The van der Waals surface area contributed by atoms with E-state index in [0.717, 1.165) is 12.1 Å². The molecule has 1 aliphatic rings. The first kappa shape index (κ1) is 18.1. The van der Waals surface area contributed by atoms with Crippen molar-refractivity contribution in [3.8, 4) is 0 Å². The van der Waals surface area contributed by atoms with Crippen molar-refractivity contribution in [1.29, 1.82) is 0 Å². The van der Waals surface area contributed by atoms with Crippen LogP contribution in [-0.2, 0) is 20.9 Å². The molecule has 2 heterocycles. The number of amides is 1. The molecule has 8 nitrogen and oxygen atoms in total. The Morgan fingerprint density at radius 2 is 2.17 bits per heavy atom. The highest BCUT2D eigenvalue weighted by Crippen LogP contribution is 2.12. The van der Waals surface area contributed by atoms with Crippen molar-refractivity contribution in [2.24, 2.45) is 0 Å². The summed E-state index contributed by atoms with van der Waals surface area (Å²) in [5.74, 6) is 0.271. The van der Waals surface area contributed by atoms with E-state index in [9.17, 15) is 9.59 Å². The van der Waals surface area contributed by atoms with Gasteiger partial charge in [0.2, 0.25) is 11.9 Å². The van der Waals surface area contributed by atoms with Crippen LogP contribution in [0.2, 0.25) is 0 Å². The standard InChI is InChI=1S/C16H25N5O3/c1-4-24-15(23)11-20(3)16-18-8-13(9-19-16)10-21-6-5-14(22)17-7-12(21)2/h8-9,12H,4-7,10-11H2,1-3H3,(H,17,22)/t12-/m0/s1. The molecule has 0 unspecified atom stereocenters. The smallest absolute Gasteiger partial charge is 0.325 e. The summed E-state index contributed by atoms with van der Waals surface area (Å²) in [5, 5.41) is 2.90. The number of ether oxygens (including phenoxy) is 1. The summed E-state index contributed by atoms with van der Waals surface area (Å²) >= 11 is 0. The van der Waals surface area contributed by atoms with Crippen molar-refractivity contribution in [3.05, 3.63) is 18.0 Å². The van der Waals surface area contributed by atoms with Crippen molar-refractivity contribution in [3.63, 3.8) is 0 Å². The molecule has 2 rings (SSSR count). The lowest BCUT2D eigenvalue weighted by Crippen LogP contribution is -2.37. The molecule has 1 fully saturated rings. The zero-order valence-electron chi connectivity index (χ0n) is 14.5. The number of likely N-dealkylation sites (N-methyl/N-ethyl adjacent to an activating group) is 1. The number of nitrogens with zero attached hydrogens (tertiary/aromatic N) is 4. The third-order valence-electron chi connectivity index (χ3n) is 3.93. The third kappa shape index (κ3) is 5.16. The monoisotopic (exact) mass is 335 g/mol. The van der Waals surface area contributed by atoms with E-state index < -0.39 is 0 Å². The van der Waals surface area contributed by atoms with Crippen molar-refractivity contribution in [1.82, 2.24) is 20.2 Å². The van der Waals surface area contributed by atoms with E-state index in [0.29, 0.717) is 32.1 Å². The normalized spacial score (nSPS) is 18.6. The van der Waals surface area contributed by atoms with Gasteiger partial charge in [0, 0.05) is 57.1 Å². The highest BCUT2D eigenvalue weighted by Gasteiger charge is 2.20. The Hall–Kier alpha value is -2.22. The first-order chi connectivity index (χ1) is 11.5. The molecular formula is C16H25N5O3. The Morgan fingerprint density at radius 3 is 2.83 bits per heavy atom. The molecule has 1 saturated heterocycles. The minimum Gasteiger partial charge on any atom is -0.465 e. The maximum atomic E-state index is 11.5. The average Bonchev–Trinajstić information content (AvgIpc) is 2.71. The summed E-state index contributed by atoms with van der Waals surface area (Å²) < 4.78 is 4.91. The number of carbonyl (C=O) groups is 2. The minimum atomic E-state index is -0.303. The lowest BCUT2D eigenvalue weighted by molar-refractivity contribution is -0.141. The van der Waals surface area contributed by atoms with Crippen molar-refractivity contribution in [2.75, 3.05) is 38.2 Å². The lowest BCUT2D eigenvalue weighted by atomic mass is 10.2. The Balaban J connectivity index is 1.93. The molecule has 0 radical (unpaired) electrons. The van der Waals surface area contributed by atoms with Crippen LogP contribution < -0.4 is 10.2 Å². The van der Waals surface area contributed by atoms with Crippen LogP contribution >= 0.6 is 0 Å². The molecule has 1 atom stereocenters. The Kier molecular flexibility index (Phi) is 6.48. The third-order valence-corrected chi connectivity index (χ3v) is 3.93. The Bertz CT molecular complexity index is 563. The molecule has 1 aromatic rings. The van der Waals surface area contributed by atoms with Gasteiger partial charge in [-0.25, -0.2) is 9.97 Å². The van der Waals surface area contributed by atoms with Crippen LogP contribution in [0.1, 0.15) is 25.8 Å². The molecule has 1 aliphatic heterocycles. The van der Waals surface area contributed by atoms with Gasteiger partial charge < -0.3 is 15.0 Å². The minimum absolute atomic E-state index is 0.0940. The molecule has 0 aromatic carbocycles. The maximum Gasteiger partial charge on any atom is 0.325 e. The Labute approximate surface area is 142 Å². The Morgan fingerprint density at radius 1 is 1.46 bits per heavy atom. The number of esters is 1. The van der Waals surface area contributed by atoms with Gasteiger partial charge in [-0.1, -0.05) is 0 Å². The van der Waals surface area contributed by atoms with Crippen molar-refractivity contribution < 1.29 is 14.3 Å². The SMILES string of the molecule is CCOC(=O)CN(C)c1ncc(CN2CCC(=O)NC[C@@H]2C)cn1. The van der Waals surface area contributed by atoms with Crippen molar-refractivity contribution in [2.45, 2.75) is 32.9 Å². The van der Waals surface area contributed by atoms with E-state index in [2.05, 4.69) is 27.1 Å². The van der Waals surface area contributed by atoms with Gasteiger partial charge in [-0.15, -0.1) is 0 Å². The van der Waals surface area contributed by atoms with Crippen LogP contribution in [0.4, 0.5) is 5.95 Å². The van der Waals surface area contributed by atoms with E-state index in [1.165, 1.54) is 0 Å². The second kappa shape index (κ2) is 8.58. The van der Waals surface area contributed by atoms with Crippen LogP contribution in [0.3, 0.4) is 0 Å². The van der Waals surface area contributed by atoms with Crippen LogP contribution in [0.25, 0.3) is 0 Å². The van der Waals surface area contributed by atoms with Gasteiger partial charge in [-0.05, 0) is 13.8 Å². The number of anilines is 1. The maximum absolute atomic E-state index is 11.5. The summed E-state index contributed by atoms with van der Waals surface area (Å²) in [6.45, 7) is 6.40. The van der Waals surface area contributed by atoms with Gasteiger partial charge in [0.05, 0.1) is 6.61 Å². The van der Waals surface area contributed by atoms with E-state index in [-0.39, 0.29) is 24.5 Å². The molecular weight excluding hydrogens is 310 g/mol. The summed E-state index contributed by atoms with van der Waals surface area (Å²) in [4.78, 5) is 35.5. The fraction of sp³-hybridized carbons (Fsp3) is 0.625. The van der Waals surface area contributed by atoms with Gasteiger partial charge in [-0.2, -0.15) is 0 Å². The molecule has 0 bridgehead atoms. The number of aromatic nitrogens is 2. The fourth-order valence-corrected chi connectivity index (χ4v) is 2.51. The molecule has 8 heteroatoms. The zero-order valence-corrected chi connectivity index (χ0v) is 14.5. The van der Waals surface area contributed by atoms with E-state index in [1.54, 1.807) is 31.3 Å². The number of hydrogen-bond acceptors (Lipinski definition) is 7. The quantitative estimate of drug-likeness (QED) is 0.742. The summed E-state index contributed by atoms with van der Waals surface area (Å²) in [7, 11) is 1.75. The largest absolute Gasteiger partial charge is 0.465 e. The van der Waals surface area contributed by atoms with Gasteiger partial charge in [-0.3, -0.25) is 14.5 Å². The zero-order chi connectivity index (χ0) is 17.5. The van der Waals surface area contributed by atoms with Crippen molar-refractivity contribution >= 4 is 17.8 Å². The van der Waals surface area contributed by atoms with Gasteiger partial charge in [0.15, 0.2) is 0 Å². The first-order valence-corrected chi connectivity index (χ1v) is 8.18. The molecule has 1 aromatic heterocycles. The topological polar surface area (TPSA) is 87.7 Å². The van der Waals surface area contributed by atoms with E-state index in [4.69, 9.17) is 4.74 Å². The summed E-state index contributed by atoms with van der Waals surface area (Å²) in [6.07, 6.45) is 4.03. The molecule has 132 valence electrons. The van der Waals surface area contributed by atoms with Gasteiger partial charge in [0.1, 0.15) is 6.54 Å². The summed E-state index contributed by atoms with van der Waals surface area (Å²) in [6, 6.07) is 0.266.